The molecule has 5 nitrogen and oxygen atoms in total. The summed E-state index contributed by atoms with van der Waals surface area (Å²) >= 11 is 0. The fourth-order valence-corrected chi connectivity index (χ4v) is 4.22. The van der Waals surface area contributed by atoms with Gasteiger partial charge in [0, 0.05) is 6.04 Å². The number of carboxylic acids is 1. The number of aromatic carboxylic acids is 1. The zero-order chi connectivity index (χ0) is 15.6. The van der Waals surface area contributed by atoms with Crippen LogP contribution in [0.15, 0.2) is 29.2 Å². The van der Waals surface area contributed by atoms with Crippen molar-refractivity contribution in [1.29, 1.82) is 0 Å². The van der Waals surface area contributed by atoms with Crippen molar-refractivity contribution < 1.29 is 18.3 Å². The Balaban J connectivity index is 2.22. The van der Waals surface area contributed by atoms with Crippen molar-refractivity contribution in [3.8, 4) is 0 Å². The number of sulfonamides is 1. The van der Waals surface area contributed by atoms with Crippen molar-refractivity contribution in [1.82, 2.24) is 4.72 Å². The summed E-state index contributed by atoms with van der Waals surface area (Å²) in [6, 6.07) is 5.36. The van der Waals surface area contributed by atoms with Gasteiger partial charge < -0.3 is 5.11 Å². The molecule has 0 aromatic heterocycles. The Bertz CT molecular complexity index is 626. The molecule has 0 spiro atoms. The first-order chi connectivity index (χ1) is 9.81. The number of rotatable bonds is 4. The molecule has 116 valence electrons. The zero-order valence-corrected chi connectivity index (χ0v) is 13.1. The van der Waals surface area contributed by atoms with E-state index in [0.29, 0.717) is 5.92 Å². The van der Waals surface area contributed by atoms with Crippen molar-refractivity contribution >= 4 is 16.0 Å². The number of hydrogen-bond donors (Lipinski definition) is 2. The molecular weight excluding hydrogens is 290 g/mol. The third-order valence-corrected chi connectivity index (χ3v) is 5.89. The molecular formula is C15H21NO4S. The Morgan fingerprint density at radius 2 is 2.00 bits per heavy atom. The molecule has 0 saturated heterocycles. The molecule has 1 fully saturated rings. The molecule has 0 bridgehead atoms. The molecule has 0 unspecified atom stereocenters. The minimum Gasteiger partial charge on any atom is -0.478 e. The van der Waals surface area contributed by atoms with Crippen LogP contribution in [0.3, 0.4) is 0 Å². The largest absolute Gasteiger partial charge is 0.478 e. The summed E-state index contributed by atoms with van der Waals surface area (Å²) < 4.78 is 27.6. The molecule has 2 rings (SSSR count). The van der Waals surface area contributed by atoms with E-state index in [9.17, 15) is 13.2 Å². The lowest BCUT2D eigenvalue weighted by molar-refractivity contribution is 0.0696. The van der Waals surface area contributed by atoms with Gasteiger partial charge in [-0.25, -0.2) is 17.9 Å². The molecule has 0 amide bonds. The van der Waals surface area contributed by atoms with Gasteiger partial charge in [0.25, 0.3) is 0 Å². The van der Waals surface area contributed by atoms with Crippen molar-refractivity contribution in [3.63, 3.8) is 0 Å². The molecule has 0 radical (unpaired) electrons. The van der Waals surface area contributed by atoms with Crippen LogP contribution >= 0.6 is 0 Å². The summed E-state index contributed by atoms with van der Waals surface area (Å²) in [7, 11) is -3.69. The van der Waals surface area contributed by atoms with E-state index in [1.165, 1.54) is 24.3 Å². The molecule has 1 aliphatic rings. The Kier molecular flexibility index (Phi) is 4.68. The molecule has 3 atom stereocenters. The maximum atomic E-state index is 12.4. The highest BCUT2D eigenvalue weighted by atomic mass is 32.2. The molecule has 1 aliphatic carbocycles. The van der Waals surface area contributed by atoms with Gasteiger partial charge in [-0.2, -0.15) is 0 Å². The van der Waals surface area contributed by atoms with E-state index in [1.807, 2.05) is 0 Å². The topological polar surface area (TPSA) is 83.5 Å². The highest BCUT2D eigenvalue weighted by Gasteiger charge is 2.30. The summed E-state index contributed by atoms with van der Waals surface area (Å²) in [6.07, 6.45) is 2.95. The highest BCUT2D eigenvalue weighted by molar-refractivity contribution is 7.89. The summed E-state index contributed by atoms with van der Waals surface area (Å²) in [6.45, 7) is 4.20. The monoisotopic (exact) mass is 311 g/mol. The zero-order valence-electron chi connectivity index (χ0n) is 12.2. The fraction of sp³-hybridized carbons (Fsp3) is 0.533. The van der Waals surface area contributed by atoms with Crippen LogP contribution in [-0.4, -0.2) is 25.5 Å². The van der Waals surface area contributed by atoms with Crippen LogP contribution < -0.4 is 4.72 Å². The number of benzene rings is 1. The number of hydrogen-bond acceptors (Lipinski definition) is 3. The molecule has 1 aromatic carbocycles. The van der Waals surface area contributed by atoms with Crippen LogP contribution in [-0.2, 0) is 10.0 Å². The van der Waals surface area contributed by atoms with Crippen molar-refractivity contribution in [2.45, 2.75) is 44.0 Å². The van der Waals surface area contributed by atoms with Crippen molar-refractivity contribution in [2.75, 3.05) is 0 Å². The first kappa shape index (κ1) is 16.0. The standard InChI is InChI=1S/C15H21NO4S/c1-10-5-3-8-14(11(10)2)16-21(19,20)13-7-4-6-12(9-13)15(17)18/h4,6-7,9-11,14,16H,3,5,8H2,1-2H3,(H,17,18)/t10-,11+,14-/m0/s1. The number of nitrogens with one attached hydrogen (secondary N) is 1. The quantitative estimate of drug-likeness (QED) is 0.895. The predicted octanol–water partition coefficient (Wildman–Crippen LogP) is 2.49. The number of carbonyl (C=O) groups is 1. The second-order valence-corrected chi connectivity index (χ2v) is 7.54. The lowest BCUT2D eigenvalue weighted by atomic mass is 9.78. The van der Waals surface area contributed by atoms with E-state index in [2.05, 4.69) is 18.6 Å². The van der Waals surface area contributed by atoms with Gasteiger partial charge in [0.2, 0.25) is 10.0 Å². The van der Waals surface area contributed by atoms with Gasteiger partial charge in [-0.15, -0.1) is 0 Å². The average molecular weight is 311 g/mol. The van der Waals surface area contributed by atoms with E-state index in [0.717, 1.165) is 19.3 Å². The molecule has 0 aliphatic heterocycles. The molecule has 6 heteroatoms. The second kappa shape index (κ2) is 6.15. The maximum absolute atomic E-state index is 12.4. The Hall–Kier alpha value is -1.40. The molecule has 1 aromatic rings. The van der Waals surface area contributed by atoms with Gasteiger partial charge in [0.15, 0.2) is 0 Å². The van der Waals surface area contributed by atoms with Gasteiger partial charge >= 0.3 is 5.97 Å². The van der Waals surface area contributed by atoms with Gasteiger partial charge in [-0.1, -0.05) is 32.8 Å². The van der Waals surface area contributed by atoms with E-state index >= 15 is 0 Å². The van der Waals surface area contributed by atoms with Crippen LogP contribution in [0.1, 0.15) is 43.5 Å². The van der Waals surface area contributed by atoms with E-state index < -0.39 is 16.0 Å². The average Bonchev–Trinajstić information content (AvgIpc) is 2.44. The highest BCUT2D eigenvalue weighted by Crippen LogP contribution is 2.30. The third-order valence-electron chi connectivity index (χ3n) is 4.40. The first-order valence-electron chi connectivity index (χ1n) is 7.17. The minimum absolute atomic E-state index is 0.00725. The Morgan fingerprint density at radius 3 is 2.67 bits per heavy atom. The van der Waals surface area contributed by atoms with Crippen LogP contribution in [0.25, 0.3) is 0 Å². The van der Waals surface area contributed by atoms with E-state index in [1.54, 1.807) is 0 Å². The normalized spacial score (nSPS) is 26.5. The van der Waals surface area contributed by atoms with Crippen LogP contribution in [0.4, 0.5) is 0 Å². The molecule has 2 N–H and O–H groups in total. The lowest BCUT2D eigenvalue weighted by Crippen LogP contribution is -2.43. The fourth-order valence-electron chi connectivity index (χ4n) is 2.81. The molecule has 1 saturated carbocycles. The third kappa shape index (κ3) is 3.63. The van der Waals surface area contributed by atoms with Crippen molar-refractivity contribution in [3.05, 3.63) is 29.8 Å². The second-order valence-electron chi connectivity index (χ2n) is 5.83. The SMILES string of the molecule is C[C@H]1[C@@H](NS(=O)(=O)c2cccc(C(=O)O)c2)CCC[C@@H]1C. The summed E-state index contributed by atoms with van der Waals surface area (Å²) in [5.41, 5.74) is -0.0251. The Morgan fingerprint density at radius 1 is 1.29 bits per heavy atom. The van der Waals surface area contributed by atoms with Gasteiger partial charge in [-0.3, -0.25) is 0 Å². The Labute approximate surface area is 125 Å². The van der Waals surface area contributed by atoms with Crippen molar-refractivity contribution in [2.24, 2.45) is 11.8 Å². The van der Waals surface area contributed by atoms with Crippen LogP contribution in [0.2, 0.25) is 0 Å². The van der Waals surface area contributed by atoms with E-state index in [-0.39, 0.29) is 22.4 Å². The van der Waals surface area contributed by atoms with E-state index in [4.69, 9.17) is 5.11 Å². The number of carboxylic acid groups (broad SMARTS) is 1. The molecule has 21 heavy (non-hydrogen) atoms. The summed E-state index contributed by atoms with van der Waals surface area (Å²) in [5, 5.41) is 8.96. The van der Waals surface area contributed by atoms with Gasteiger partial charge in [0.1, 0.15) is 0 Å². The first-order valence-corrected chi connectivity index (χ1v) is 8.65. The summed E-state index contributed by atoms with van der Waals surface area (Å²) in [4.78, 5) is 11.0. The summed E-state index contributed by atoms with van der Waals surface area (Å²) in [5.74, 6) is -0.375. The smallest absolute Gasteiger partial charge is 0.335 e. The lowest BCUT2D eigenvalue weighted by Gasteiger charge is -2.34. The van der Waals surface area contributed by atoms with Crippen LogP contribution in [0.5, 0.6) is 0 Å². The van der Waals surface area contributed by atoms with Crippen LogP contribution in [0, 0.1) is 11.8 Å². The van der Waals surface area contributed by atoms with Gasteiger partial charge in [-0.05, 0) is 36.5 Å². The maximum Gasteiger partial charge on any atom is 0.335 e. The molecule has 0 heterocycles. The van der Waals surface area contributed by atoms with Gasteiger partial charge in [0.05, 0.1) is 10.5 Å². The minimum atomic E-state index is -3.69. The predicted molar refractivity (Wildman–Crippen MR) is 79.7 cm³/mol.